The Morgan fingerprint density at radius 2 is 2.12 bits per heavy atom. The SMILES string of the molecule is NC(=O)c1ccc(NCCCC(=O)O)nn1. The highest BCUT2D eigenvalue weighted by Crippen LogP contribution is 2.01. The van der Waals surface area contributed by atoms with Gasteiger partial charge in [-0.05, 0) is 18.6 Å². The molecule has 0 unspecified atom stereocenters. The molecule has 0 aliphatic carbocycles. The van der Waals surface area contributed by atoms with Gasteiger partial charge in [0.25, 0.3) is 5.91 Å². The van der Waals surface area contributed by atoms with Crippen molar-refractivity contribution >= 4 is 17.7 Å². The van der Waals surface area contributed by atoms with Gasteiger partial charge in [-0.2, -0.15) is 0 Å². The van der Waals surface area contributed by atoms with Crippen LogP contribution in [0.25, 0.3) is 0 Å². The minimum Gasteiger partial charge on any atom is -0.481 e. The van der Waals surface area contributed by atoms with E-state index in [2.05, 4.69) is 15.5 Å². The summed E-state index contributed by atoms with van der Waals surface area (Å²) in [5.41, 5.74) is 5.09. The van der Waals surface area contributed by atoms with Crippen molar-refractivity contribution in [2.75, 3.05) is 11.9 Å². The molecule has 0 fully saturated rings. The first-order valence-electron chi connectivity index (χ1n) is 4.69. The third kappa shape index (κ3) is 3.91. The van der Waals surface area contributed by atoms with Crippen molar-refractivity contribution < 1.29 is 14.7 Å². The Morgan fingerprint density at radius 3 is 2.62 bits per heavy atom. The topological polar surface area (TPSA) is 118 Å². The molecular weight excluding hydrogens is 212 g/mol. The van der Waals surface area contributed by atoms with Crippen LogP contribution in [0, 0.1) is 0 Å². The summed E-state index contributed by atoms with van der Waals surface area (Å²) in [7, 11) is 0. The Labute approximate surface area is 91.7 Å². The number of hydrogen-bond donors (Lipinski definition) is 3. The lowest BCUT2D eigenvalue weighted by atomic mass is 10.3. The van der Waals surface area contributed by atoms with Gasteiger partial charge in [-0.3, -0.25) is 9.59 Å². The predicted molar refractivity (Wildman–Crippen MR) is 55.9 cm³/mol. The first-order valence-corrected chi connectivity index (χ1v) is 4.69. The Hall–Kier alpha value is -2.18. The van der Waals surface area contributed by atoms with Crippen LogP contribution in [-0.2, 0) is 4.79 Å². The van der Waals surface area contributed by atoms with Crippen molar-refractivity contribution in [1.29, 1.82) is 0 Å². The number of nitrogens with zero attached hydrogens (tertiary/aromatic N) is 2. The van der Waals surface area contributed by atoms with Crippen molar-refractivity contribution in [2.45, 2.75) is 12.8 Å². The number of amides is 1. The van der Waals surface area contributed by atoms with Crippen LogP contribution < -0.4 is 11.1 Å². The van der Waals surface area contributed by atoms with Crippen LogP contribution in [0.1, 0.15) is 23.3 Å². The Balaban J connectivity index is 2.38. The van der Waals surface area contributed by atoms with Crippen molar-refractivity contribution in [3.8, 4) is 0 Å². The number of primary amides is 1. The van der Waals surface area contributed by atoms with Crippen LogP contribution in [0.15, 0.2) is 12.1 Å². The van der Waals surface area contributed by atoms with Crippen LogP contribution in [0.5, 0.6) is 0 Å². The van der Waals surface area contributed by atoms with E-state index in [1.54, 1.807) is 6.07 Å². The number of aromatic nitrogens is 2. The molecule has 4 N–H and O–H groups in total. The number of rotatable bonds is 6. The van der Waals surface area contributed by atoms with Crippen LogP contribution in [0.4, 0.5) is 5.82 Å². The Bertz CT molecular complexity index is 377. The van der Waals surface area contributed by atoms with Crippen LogP contribution >= 0.6 is 0 Å². The molecule has 1 aromatic heterocycles. The van der Waals surface area contributed by atoms with Crippen LogP contribution in [-0.4, -0.2) is 33.7 Å². The number of carbonyl (C=O) groups is 2. The Morgan fingerprint density at radius 1 is 1.38 bits per heavy atom. The smallest absolute Gasteiger partial charge is 0.303 e. The summed E-state index contributed by atoms with van der Waals surface area (Å²) in [6, 6.07) is 3.02. The number of hydrogen-bond acceptors (Lipinski definition) is 5. The molecule has 1 aromatic rings. The van der Waals surface area contributed by atoms with Crippen molar-refractivity contribution in [3.63, 3.8) is 0 Å². The maximum Gasteiger partial charge on any atom is 0.303 e. The van der Waals surface area contributed by atoms with Crippen molar-refractivity contribution in [1.82, 2.24) is 10.2 Å². The van der Waals surface area contributed by atoms with Gasteiger partial charge >= 0.3 is 5.97 Å². The van der Waals surface area contributed by atoms with Gasteiger partial charge < -0.3 is 16.2 Å². The summed E-state index contributed by atoms with van der Waals surface area (Å²) in [6.07, 6.45) is 0.592. The average molecular weight is 224 g/mol. The van der Waals surface area contributed by atoms with E-state index in [4.69, 9.17) is 10.8 Å². The summed E-state index contributed by atoms with van der Waals surface area (Å²) < 4.78 is 0. The van der Waals surface area contributed by atoms with Gasteiger partial charge in [0, 0.05) is 13.0 Å². The molecule has 0 saturated carbocycles. The zero-order chi connectivity index (χ0) is 12.0. The first kappa shape index (κ1) is 11.9. The second-order valence-corrected chi connectivity index (χ2v) is 3.09. The summed E-state index contributed by atoms with van der Waals surface area (Å²) >= 11 is 0. The van der Waals surface area contributed by atoms with Crippen LogP contribution in [0.2, 0.25) is 0 Å². The number of carboxylic acid groups (broad SMARTS) is 1. The predicted octanol–water partition coefficient (Wildman–Crippen LogP) is -0.148. The third-order valence-corrected chi connectivity index (χ3v) is 1.79. The second-order valence-electron chi connectivity index (χ2n) is 3.09. The summed E-state index contributed by atoms with van der Waals surface area (Å²) in [4.78, 5) is 20.9. The standard InChI is InChI=1S/C9H12N4O3/c10-9(16)6-3-4-7(13-12-6)11-5-1-2-8(14)15/h3-4H,1-2,5H2,(H2,10,16)(H,11,13)(H,14,15). The molecule has 0 aromatic carbocycles. The van der Waals surface area contributed by atoms with Crippen molar-refractivity contribution in [3.05, 3.63) is 17.8 Å². The van der Waals surface area contributed by atoms with Gasteiger partial charge in [-0.15, -0.1) is 10.2 Å². The summed E-state index contributed by atoms with van der Waals surface area (Å²) in [5.74, 6) is -0.989. The zero-order valence-electron chi connectivity index (χ0n) is 8.51. The van der Waals surface area contributed by atoms with Gasteiger partial charge in [0.2, 0.25) is 0 Å². The minimum atomic E-state index is -0.836. The lowest BCUT2D eigenvalue weighted by Gasteiger charge is -2.03. The third-order valence-electron chi connectivity index (χ3n) is 1.79. The molecule has 1 heterocycles. The molecule has 0 atom stereocenters. The highest BCUT2D eigenvalue weighted by atomic mass is 16.4. The molecule has 7 nitrogen and oxygen atoms in total. The van der Waals surface area contributed by atoms with Gasteiger partial charge in [-0.25, -0.2) is 0 Å². The molecule has 0 aliphatic heterocycles. The molecule has 0 aliphatic rings. The summed E-state index contributed by atoms with van der Waals surface area (Å²) in [6.45, 7) is 0.483. The van der Waals surface area contributed by atoms with Crippen molar-refractivity contribution in [2.24, 2.45) is 5.73 Å². The molecule has 0 saturated heterocycles. The monoisotopic (exact) mass is 224 g/mol. The van der Waals surface area contributed by atoms with E-state index < -0.39 is 11.9 Å². The number of nitrogens with two attached hydrogens (primary N) is 1. The fourth-order valence-corrected chi connectivity index (χ4v) is 1.01. The molecule has 0 radical (unpaired) electrons. The highest BCUT2D eigenvalue weighted by Gasteiger charge is 2.02. The zero-order valence-corrected chi connectivity index (χ0v) is 8.51. The van der Waals surface area contributed by atoms with Gasteiger partial charge in [0.05, 0.1) is 0 Å². The molecular formula is C9H12N4O3. The fourth-order valence-electron chi connectivity index (χ4n) is 1.01. The summed E-state index contributed by atoms with van der Waals surface area (Å²) in [5, 5.41) is 18.6. The van der Waals surface area contributed by atoms with E-state index in [9.17, 15) is 9.59 Å². The lowest BCUT2D eigenvalue weighted by Crippen LogP contribution is -2.14. The van der Waals surface area contributed by atoms with E-state index >= 15 is 0 Å². The number of carboxylic acids is 1. The quantitative estimate of drug-likeness (QED) is 0.578. The molecule has 7 heteroatoms. The van der Waals surface area contributed by atoms with Crippen LogP contribution in [0.3, 0.4) is 0 Å². The maximum absolute atomic E-state index is 10.7. The van der Waals surface area contributed by atoms with Gasteiger partial charge in [0.15, 0.2) is 5.69 Å². The van der Waals surface area contributed by atoms with E-state index in [0.29, 0.717) is 18.8 Å². The van der Waals surface area contributed by atoms with E-state index in [0.717, 1.165) is 0 Å². The highest BCUT2D eigenvalue weighted by molar-refractivity contribution is 5.90. The minimum absolute atomic E-state index is 0.0936. The van der Waals surface area contributed by atoms with Gasteiger partial charge in [-0.1, -0.05) is 0 Å². The van der Waals surface area contributed by atoms with E-state index in [-0.39, 0.29) is 12.1 Å². The van der Waals surface area contributed by atoms with E-state index in [1.807, 2.05) is 0 Å². The second kappa shape index (κ2) is 5.64. The fraction of sp³-hybridized carbons (Fsp3) is 0.333. The Kier molecular flexibility index (Phi) is 4.19. The number of carbonyl (C=O) groups excluding carboxylic acids is 1. The molecule has 16 heavy (non-hydrogen) atoms. The van der Waals surface area contributed by atoms with E-state index in [1.165, 1.54) is 6.07 Å². The lowest BCUT2D eigenvalue weighted by molar-refractivity contribution is -0.137. The number of anilines is 1. The number of nitrogens with one attached hydrogen (secondary N) is 1. The molecule has 86 valence electrons. The normalized spacial score (nSPS) is 9.75. The maximum atomic E-state index is 10.7. The molecule has 1 rings (SSSR count). The number of aliphatic carboxylic acids is 1. The first-order chi connectivity index (χ1) is 7.59. The molecule has 1 amide bonds. The van der Waals surface area contributed by atoms with Gasteiger partial charge in [0.1, 0.15) is 5.82 Å². The largest absolute Gasteiger partial charge is 0.481 e. The molecule has 0 spiro atoms. The average Bonchev–Trinajstić information content (AvgIpc) is 2.25. The molecule has 0 bridgehead atoms.